The smallest absolute Gasteiger partial charge is 0.0522 e. The summed E-state index contributed by atoms with van der Waals surface area (Å²) in [6.07, 6.45) is 4.78. The molecule has 0 aliphatic heterocycles. The van der Waals surface area contributed by atoms with Gasteiger partial charge in [-0.15, -0.1) is 0 Å². The number of rotatable bonds is 5. The van der Waals surface area contributed by atoms with E-state index in [1.807, 2.05) is 26.0 Å². The lowest BCUT2D eigenvalue weighted by molar-refractivity contribution is 0.184. The zero-order chi connectivity index (χ0) is 9.61. The number of aliphatic hydroxyl groups excluding tert-OH is 1. The van der Waals surface area contributed by atoms with Gasteiger partial charge in [-0.25, -0.2) is 0 Å². The molecule has 1 nitrogen and oxygen atoms in total. The third-order valence-electron chi connectivity index (χ3n) is 1.81. The van der Waals surface area contributed by atoms with Crippen molar-refractivity contribution in [3.63, 3.8) is 0 Å². The normalized spacial score (nSPS) is 16.3. The van der Waals surface area contributed by atoms with Gasteiger partial charge in [-0.1, -0.05) is 31.2 Å². The van der Waals surface area contributed by atoms with Crippen LogP contribution in [0.1, 0.15) is 20.3 Å². The van der Waals surface area contributed by atoms with Crippen molar-refractivity contribution < 1.29 is 5.11 Å². The molecule has 0 rings (SSSR count). The minimum Gasteiger partial charge on any atom is -0.395 e. The van der Waals surface area contributed by atoms with Crippen molar-refractivity contribution in [3.8, 4) is 0 Å². The first-order valence-corrected chi connectivity index (χ1v) is 4.73. The molecule has 0 radical (unpaired) electrons. The second-order valence-electron chi connectivity index (χ2n) is 3.40. The Balaban J connectivity index is 4.23. The largest absolute Gasteiger partial charge is 0.395 e. The molecule has 0 spiro atoms. The summed E-state index contributed by atoms with van der Waals surface area (Å²) in [6.45, 7) is 8.00. The van der Waals surface area contributed by atoms with Crippen LogP contribution in [-0.4, -0.2) is 17.5 Å². The molecule has 0 aliphatic carbocycles. The Morgan fingerprint density at radius 1 is 1.67 bits per heavy atom. The van der Waals surface area contributed by atoms with Gasteiger partial charge in [0.25, 0.3) is 0 Å². The number of aliphatic hydroxyl groups is 1. The molecule has 0 aromatic heterocycles. The van der Waals surface area contributed by atoms with Crippen molar-refractivity contribution in [2.75, 3.05) is 12.4 Å². The quantitative estimate of drug-likeness (QED) is 0.499. The van der Waals surface area contributed by atoms with Crippen molar-refractivity contribution in [2.24, 2.45) is 5.41 Å². The average molecular weight is 186 g/mol. The molecule has 0 fully saturated rings. The van der Waals surface area contributed by atoms with Gasteiger partial charge in [-0.3, -0.25) is 0 Å². The lowest BCUT2D eigenvalue weighted by Crippen LogP contribution is -2.19. The molecule has 0 aliphatic rings. The zero-order valence-corrected chi connectivity index (χ0v) is 8.77. The topological polar surface area (TPSA) is 20.2 Å². The van der Waals surface area contributed by atoms with Crippen LogP contribution in [0.5, 0.6) is 0 Å². The maximum absolute atomic E-state index is 9.14. The van der Waals surface area contributed by atoms with Crippen molar-refractivity contribution in [2.45, 2.75) is 20.3 Å². The SMILES string of the molecule is C=C(CS)CC(C)(C=CC)CO. The maximum atomic E-state index is 9.14. The lowest BCUT2D eigenvalue weighted by atomic mass is 9.85. The van der Waals surface area contributed by atoms with Gasteiger partial charge >= 0.3 is 0 Å². The number of allylic oxidation sites excluding steroid dienone is 1. The first-order chi connectivity index (χ1) is 5.58. The van der Waals surface area contributed by atoms with E-state index in [-0.39, 0.29) is 12.0 Å². The molecule has 0 heterocycles. The second kappa shape index (κ2) is 5.44. The van der Waals surface area contributed by atoms with E-state index in [9.17, 15) is 0 Å². The molecule has 0 saturated carbocycles. The molecular formula is C10H18OS. The first-order valence-electron chi connectivity index (χ1n) is 4.10. The Hall–Kier alpha value is -0.210. The fourth-order valence-corrected chi connectivity index (χ4v) is 1.31. The maximum Gasteiger partial charge on any atom is 0.0522 e. The van der Waals surface area contributed by atoms with Gasteiger partial charge < -0.3 is 5.11 Å². The summed E-state index contributed by atoms with van der Waals surface area (Å²) < 4.78 is 0. The summed E-state index contributed by atoms with van der Waals surface area (Å²) in [7, 11) is 0. The van der Waals surface area contributed by atoms with Gasteiger partial charge in [-0.2, -0.15) is 12.6 Å². The molecule has 0 bridgehead atoms. The zero-order valence-electron chi connectivity index (χ0n) is 7.88. The Labute approximate surface area is 80.6 Å². The molecule has 0 aromatic rings. The molecule has 1 atom stereocenters. The van der Waals surface area contributed by atoms with Crippen LogP contribution in [0.3, 0.4) is 0 Å². The van der Waals surface area contributed by atoms with Gasteiger partial charge in [0.2, 0.25) is 0 Å². The third-order valence-corrected chi connectivity index (χ3v) is 2.25. The van der Waals surface area contributed by atoms with Crippen LogP contribution in [0.15, 0.2) is 24.3 Å². The Morgan fingerprint density at radius 3 is 2.58 bits per heavy atom. The summed E-state index contributed by atoms with van der Waals surface area (Å²) in [5.41, 5.74) is 0.905. The van der Waals surface area contributed by atoms with Crippen LogP contribution < -0.4 is 0 Å². The molecule has 0 aromatic carbocycles. The van der Waals surface area contributed by atoms with Gasteiger partial charge in [0.15, 0.2) is 0 Å². The summed E-state index contributed by atoms with van der Waals surface area (Å²) in [4.78, 5) is 0. The van der Waals surface area contributed by atoms with E-state index in [2.05, 4.69) is 19.2 Å². The molecule has 1 N–H and O–H groups in total. The number of hydrogen-bond acceptors (Lipinski definition) is 2. The Kier molecular flexibility index (Phi) is 5.34. The van der Waals surface area contributed by atoms with Gasteiger partial charge in [-0.05, 0) is 13.3 Å². The summed E-state index contributed by atoms with van der Waals surface area (Å²) in [5, 5.41) is 9.14. The Bertz CT molecular complexity index is 175. The molecule has 0 saturated heterocycles. The molecule has 1 unspecified atom stereocenters. The standard InChI is InChI=1S/C10H18OS/c1-4-5-10(3,8-11)6-9(2)7-12/h4-5,11-12H,2,6-8H2,1,3H3. The highest BCUT2D eigenvalue weighted by Gasteiger charge is 2.19. The highest BCUT2D eigenvalue weighted by Crippen LogP contribution is 2.26. The monoisotopic (exact) mass is 186 g/mol. The second-order valence-corrected chi connectivity index (χ2v) is 3.71. The van der Waals surface area contributed by atoms with Crippen LogP contribution in [0, 0.1) is 5.41 Å². The van der Waals surface area contributed by atoms with E-state index in [1.165, 1.54) is 0 Å². The van der Waals surface area contributed by atoms with Gasteiger partial charge in [0, 0.05) is 11.2 Å². The van der Waals surface area contributed by atoms with E-state index in [0.29, 0.717) is 5.75 Å². The first kappa shape index (κ1) is 11.8. The predicted octanol–water partition coefficient (Wildman–Crippen LogP) is 2.44. The van der Waals surface area contributed by atoms with Crippen molar-refractivity contribution in [1.29, 1.82) is 0 Å². The minimum absolute atomic E-state index is 0.157. The van der Waals surface area contributed by atoms with Crippen molar-refractivity contribution in [1.82, 2.24) is 0 Å². The van der Waals surface area contributed by atoms with Crippen LogP contribution in [-0.2, 0) is 0 Å². The van der Waals surface area contributed by atoms with Crippen molar-refractivity contribution >= 4 is 12.6 Å². The van der Waals surface area contributed by atoms with Crippen LogP contribution >= 0.6 is 12.6 Å². The van der Waals surface area contributed by atoms with Crippen LogP contribution in [0.25, 0.3) is 0 Å². The molecular weight excluding hydrogens is 168 g/mol. The number of hydrogen-bond donors (Lipinski definition) is 2. The van der Waals surface area contributed by atoms with Crippen LogP contribution in [0.2, 0.25) is 0 Å². The van der Waals surface area contributed by atoms with Crippen LogP contribution in [0.4, 0.5) is 0 Å². The van der Waals surface area contributed by atoms with E-state index < -0.39 is 0 Å². The third kappa shape index (κ3) is 3.98. The fraction of sp³-hybridized carbons (Fsp3) is 0.600. The fourth-order valence-electron chi connectivity index (χ4n) is 1.20. The van der Waals surface area contributed by atoms with E-state index in [4.69, 9.17) is 5.11 Å². The summed E-state index contributed by atoms with van der Waals surface area (Å²) in [5.74, 6) is 0.688. The highest BCUT2D eigenvalue weighted by atomic mass is 32.1. The summed E-state index contributed by atoms with van der Waals surface area (Å²) >= 11 is 4.13. The molecule has 12 heavy (non-hydrogen) atoms. The average Bonchev–Trinajstić information content (AvgIpc) is 2.05. The molecule has 70 valence electrons. The van der Waals surface area contributed by atoms with E-state index in [1.54, 1.807) is 0 Å². The van der Waals surface area contributed by atoms with Gasteiger partial charge in [0.05, 0.1) is 6.61 Å². The molecule has 0 amide bonds. The highest BCUT2D eigenvalue weighted by molar-refractivity contribution is 7.80. The number of thiol groups is 1. The van der Waals surface area contributed by atoms with Gasteiger partial charge in [0.1, 0.15) is 0 Å². The van der Waals surface area contributed by atoms with E-state index >= 15 is 0 Å². The Morgan fingerprint density at radius 2 is 2.25 bits per heavy atom. The van der Waals surface area contributed by atoms with Crippen molar-refractivity contribution in [3.05, 3.63) is 24.3 Å². The minimum atomic E-state index is -0.158. The predicted molar refractivity (Wildman–Crippen MR) is 57.6 cm³/mol. The summed E-state index contributed by atoms with van der Waals surface area (Å²) in [6, 6.07) is 0. The lowest BCUT2D eigenvalue weighted by Gasteiger charge is -2.23. The molecule has 2 heteroatoms. The van der Waals surface area contributed by atoms with E-state index in [0.717, 1.165) is 12.0 Å².